The molecule has 1 fully saturated rings. The van der Waals surface area contributed by atoms with E-state index < -0.39 is 0 Å². The van der Waals surface area contributed by atoms with Crippen LogP contribution in [-0.2, 0) is 4.79 Å². The van der Waals surface area contributed by atoms with Gasteiger partial charge in [-0.3, -0.25) is 4.79 Å². The summed E-state index contributed by atoms with van der Waals surface area (Å²) in [5.41, 5.74) is 2.26. The van der Waals surface area contributed by atoms with Gasteiger partial charge in [-0.15, -0.1) is 0 Å². The van der Waals surface area contributed by atoms with Crippen LogP contribution in [0.5, 0.6) is 0 Å². The van der Waals surface area contributed by atoms with Crippen LogP contribution in [0, 0.1) is 5.92 Å². The molecule has 1 aliphatic rings. The second-order valence-corrected chi connectivity index (χ2v) is 7.87. The van der Waals surface area contributed by atoms with Crippen molar-refractivity contribution in [3.63, 3.8) is 0 Å². The summed E-state index contributed by atoms with van der Waals surface area (Å²) >= 11 is 0. The molecule has 0 N–H and O–H groups in total. The largest absolute Gasteiger partial charge is 0.342 e. The van der Waals surface area contributed by atoms with E-state index in [1.807, 2.05) is 17.0 Å². The summed E-state index contributed by atoms with van der Waals surface area (Å²) in [6, 6.07) is 8.33. The van der Waals surface area contributed by atoms with Crippen LogP contribution in [0.25, 0.3) is 11.4 Å². The van der Waals surface area contributed by atoms with Crippen molar-refractivity contribution in [2.75, 3.05) is 13.1 Å². The Kier molecular flexibility index (Phi) is 6.30. The van der Waals surface area contributed by atoms with E-state index in [0.717, 1.165) is 37.8 Å². The molecule has 1 aromatic heterocycles. The molecule has 27 heavy (non-hydrogen) atoms. The summed E-state index contributed by atoms with van der Waals surface area (Å²) in [7, 11) is 0. The quantitative estimate of drug-likeness (QED) is 0.719. The molecule has 2 aromatic rings. The molecule has 5 nitrogen and oxygen atoms in total. The molecule has 146 valence electrons. The van der Waals surface area contributed by atoms with Gasteiger partial charge in [0, 0.05) is 24.6 Å². The van der Waals surface area contributed by atoms with Gasteiger partial charge >= 0.3 is 0 Å². The standard InChI is InChI=1S/C22H31N3O2/c1-5-16(6-2)22(26)25-13-7-8-19(14-25)21-23-20(24-27-21)18-11-9-17(10-12-18)15(3)4/h9-12,15-16,19H,5-8,13-14H2,1-4H3/t19-/m0/s1. The fourth-order valence-electron chi connectivity index (χ4n) is 3.81. The first-order valence-corrected chi connectivity index (χ1v) is 10.3. The third-order valence-corrected chi connectivity index (χ3v) is 5.69. The molecular formula is C22H31N3O2. The van der Waals surface area contributed by atoms with Crippen molar-refractivity contribution >= 4 is 5.91 Å². The Balaban J connectivity index is 1.71. The number of hydrogen-bond acceptors (Lipinski definition) is 4. The van der Waals surface area contributed by atoms with Gasteiger partial charge in [-0.2, -0.15) is 4.98 Å². The van der Waals surface area contributed by atoms with Crippen molar-refractivity contribution in [2.45, 2.75) is 65.2 Å². The van der Waals surface area contributed by atoms with Gasteiger partial charge in [0.2, 0.25) is 17.6 Å². The maximum atomic E-state index is 12.7. The lowest BCUT2D eigenvalue weighted by Crippen LogP contribution is -2.42. The highest BCUT2D eigenvalue weighted by molar-refractivity contribution is 5.78. The minimum Gasteiger partial charge on any atom is -0.342 e. The van der Waals surface area contributed by atoms with Gasteiger partial charge in [0.1, 0.15) is 0 Å². The van der Waals surface area contributed by atoms with Crippen molar-refractivity contribution in [1.29, 1.82) is 0 Å². The first-order chi connectivity index (χ1) is 13.0. The van der Waals surface area contributed by atoms with Gasteiger partial charge in [0.05, 0.1) is 5.92 Å². The van der Waals surface area contributed by atoms with Crippen molar-refractivity contribution in [1.82, 2.24) is 15.0 Å². The first kappa shape index (κ1) is 19.6. The number of rotatable bonds is 6. The summed E-state index contributed by atoms with van der Waals surface area (Å²) < 4.78 is 5.58. The lowest BCUT2D eigenvalue weighted by molar-refractivity contribution is -0.137. The van der Waals surface area contributed by atoms with Crippen molar-refractivity contribution in [2.24, 2.45) is 5.92 Å². The van der Waals surface area contributed by atoms with E-state index in [1.54, 1.807) is 0 Å². The topological polar surface area (TPSA) is 59.2 Å². The summed E-state index contributed by atoms with van der Waals surface area (Å²) in [5, 5.41) is 4.18. The average Bonchev–Trinajstić information content (AvgIpc) is 3.19. The molecular weight excluding hydrogens is 338 g/mol. The third-order valence-electron chi connectivity index (χ3n) is 5.69. The van der Waals surface area contributed by atoms with Crippen LogP contribution < -0.4 is 0 Å². The van der Waals surface area contributed by atoms with Crippen LogP contribution in [0.3, 0.4) is 0 Å². The first-order valence-electron chi connectivity index (χ1n) is 10.3. The Morgan fingerprint density at radius 2 is 1.93 bits per heavy atom. The Bertz CT molecular complexity index is 747. The van der Waals surface area contributed by atoms with E-state index in [-0.39, 0.29) is 17.7 Å². The maximum absolute atomic E-state index is 12.7. The molecule has 3 rings (SSSR count). The van der Waals surface area contributed by atoms with Crippen LogP contribution >= 0.6 is 0 Å². The monoisotopic (exact) mass is 369 g/mol. The van der Waals surface area contributed by atoms with E-state index in [1.165, 1.54) is 5.56 Å². The van der Waals surface area contributed by atoms with Crippen molar-refractivity contribution in [3.05, 3.63) is 35.7 Å². The molecule has 1 aromatic carbocycles. The van der Waals surface area contributed by atoms with E-state index in [2.05, 4.69) is 50.0 Å². The van der Waals surface area contributed by atoms with Gasteiger partial charge in [0.25, 0.3) is 0 Å². The minimum atomic E-state index is 0.126. The fourth-order valence-corrected chi connectivity index (χ4v) is 3.81. The lowest BCUT2D eigenvalue weighted by atomic mass is 9.95. The number of aromatic nitrogens is 2. The summed E-state index contributed by atoms with van der Waals surface area (Å²) in [5.74, 6) is 2.31. The zero-order valence-electron chi connectivity index (χ0n) is 16.9. The van der Waals surface area contributed by atoms with Crippen molar-refractivity contribution in [3.8, 4) is 11.4 Å². The molecule has 0 bridgehead atoms. The lowest BCUT2D eigenvalue weighted by Gasteiger charge is -2.33. The Hall–Kier alpha value is -2.17. The average molecular weight is 370 g/mol. The number of likely N-dealkylation sites (tertiary alicyclic amines) is 1. The fraction of sp³-hybridized carbons (Fsp3) is 0.591. The second-order valence-electron chi connectivity index (χ2n) is 7.87. The summed E-state index contributed by atoms with van der Waals surface area (Å²) in [6.07, 6.45) is 3.76. The van der Waals surface area contributed by atoms with Crippen molar-refractivity contribution < 1.29 is 9.32 Å². The second kappa shape index (κ2) is 8.68. The number of piperidine rings is 1. The molecule has 0 spiro atoms. The minimum absolute atomic E-state index is 0.126. The third kappa shape index (κ3) is 4.40. The normalized spacial score (nSPS) is 17.7. The predicted octanol–water partition coefficient (Wildman–Crippen LogP) is 5.00. The Morgan fingerprint density at radius 3 is 2.56 bits per heavy atom. The number of nitrogens with zero attached hydrogens (tertiary/aromatic N) is 3. The van der Waals surface area contributed by atoms with E-state index in [4.69, 9.17) is 4.52 Å². The smallest absolute Gasteiger partial charge is 0.231 e. The van der Waals surface area contributed by atoms with E-state index >= 15 is 0 Å². The molecule has 1 atom stereocenters. The number of amides is 1. The molecule has 1 aliphatic heterocycles. The van der Waals surface area contributed by atoms with E-state index in [0.29, 0.717) is 24.2 Å². The summed E-state index contributed by atoms with van der Waals surface area (Å²) in [6.45, 7) is 10.1. The number of hydrogen-bond donors (Lipinski definition) is 0. The van der Waals surface area contributed by atoms with Crippen LogP contribution in [0.4, 0.5) is 0 Å². The zero-order chi connectivity index (χ0) is 19.4. The number of benzene rings is 1. The molecule has 1 saturated heterocycles. The molecule has 2 heterocycles. The zero-order valence-corrected chi connectivity index (χ0v) is 16.9. The number of carbonyl (C=O) groups excluding carboxylic acids is 1. The van der Waals surface area contributed by atoms with Gasteiger partial charge in [0.15, 0.2) is 0 Å². The highest BCUT2D eigenvalue weighted by Crippen LogP contribution is 2.29. The molecule has 0 aliphatic carbocycles. The van der Waals surface area contributed by atoms with Crippen LogP contribution in [0.1, 0.15) is 76.7 Å². The molecule has 0 saturated carbocycles. The van der Waals surface area contributed by atoms with Gasteiger partial charge < -0.3 is 9.42 Å². The highest BCUT2D eigenvalue weighted by Gasteiger charge is 2.30. The van der Waals surface area contributed by atoms with Gasteiger partial charge in [-0.1, -0.05) is 57.1 Å². The van der Waals surface area contributed by atoms with Crippen LogP contribution in [0.2, 0.25) is 0 Å². The number of carbonyl (C=O) groups is 1. The predicted molar refractivity (Wildman–Crippen MR) is 106 cm³/mol. The van der Waals surface area contributed by atoms with Gasteiger partial charge in [-0.05, 0) is 37.2 Å². The van der Waals surface area contributed by atoms with E-state index in [9.17, 15) is 4.79 Å². The van der Waals surface area contributed by atoms with Crippen LogP contribution in [-0.4, -0.2) is 34.0 Å². The Morgan fingerprint density at radius 1 is 1.22 bits per heavy atom. The van der Waals surface area contributed by atoms with Crippen LogP contribution in [0.15, 0.2) is 28.8 Å². The molecule has 0 unspecified atom stereocenters. The Labute approximate surface area is 162 Å². The maximum Gasteiger partial charge on any atom is 0.231 e. The molecule has 1 amide bonds. The highest BCUT2D eigenvalue weighted by atomic mass is 16.5. The SMILES string of the molecule is CCC(CC)C(=O)N1CCC[C@H](c2nc(-c3ccc(C(C)C)cc3)no2)C1. The summed E-state index contributed by atoms with van der Waals surface area (Å²) in [4.78, 5) is 19.3. The molecule has 5 heteroatoms. The van der Waals surface area contributed by atoms with Gasteiger partial charge in [-0.25, -0.2) is 0 Å². The molecule has 0 radical (unpaired) electrons.